The summed E-state index contributed by atoms with van der Waals surface area (Å²) in [7, 11) is 0. The molecule has 2 unspecified atom stereocenters. The molecule has 0 bridgehead atoms. The van der Waals surface area contributed by atoms with Crippen LogP contribution in [-0.2, 0) is 22.4 Å². The number of rotatable bonds is 6. The lowest BCUT2D eigenvalue weighted by Gasteiger charge is -2.10. The molecule has 0 radical (unpaired) electrons. The number of halogens is 2. The van der Waals surface area contributed by atoms with E-state index in [1.807, 2.05) is 0 Å². The highest BCUT2D eigenvalue weighted by Gasteiger charge is 2.14. The predicted octanol–water partition coefficient (Wildman–Crippen LogP) is 0.439. The summed E-state index contributed by atoms with van der Waals surface area (Å²) in [6, 6.07) is 5.03. The quantitative estimate of drug-likeness (QED) is 0.601. The van der Waals surface area contributed by atoms with Gasteiger partial charge >= 0.3 is 11.9 Å². The minimum atomic E-state index is -1.07. The van der Waals surface area contributed by atoms with Crippen LogP contribution in [-0.4, -0.2) is 34.2 Å². The van der Waals surface area contributed by atoms with E-state index in [0.717, 1.165) is 11.1 Å². The number of hydrogen-bond acceptors (Lipinski definition) is 4. The van der Waals surface area contributed by atoms with Crippen LogP contribution in [0.1, 0.15) is 11.1 Å². The molecule has 1 aromatic carbocycles. The van der Waals surface area contributed by atoms with Crippen molar-refractivity contribution in [3.63, 3.8) is 0 Å². The molecule has 0 aliphatic heterocycles. The smallest absolute Gasteiger partial charge is 0.320 e. The molecule has 0 saturated heterocycles. The molecule has 0 fully saturated rings. The Morgan fingerprint density at radius 3 is 1.60 bits per heavy atom. The van der Waals surface area contributed by atoms with Crippen molar-refractivity contribution in [3.05, 3.63) is 35.4 Å². The van der Waals surface area contributed by atoms with E-state index in [0.29, 0.717) is 0 Å². The number of carboxylic acids is 2. The highest BCUT2D eigenvalue weighted by molar-refractivity contribution is 5.85. The molecule has 1 rings (SSSR count). The summed E-state index contributed by atoms with van der Waals surface area (Å²) in [5.74, 6) is -2.13. The first-order valence-corrected chi connectivity index (χ1v) is 5.44. The van der Waals surface area contributed by atoms with Crippen LogP contribution in [0, 0.1) is 0 Å². The Bertz CT molecular complexity index is 420. The first-order valence-electron chi connectivity index (χ1n) is 5.44. The number of hydrogen-bond donors (Lipinski definition) is 4. The lowest BCUT2D eigenvalue weighted by Crippen LogP contribution is -2.33. The number of carbonyl (C=O) groups is 2. The number of benzene rings is 1. The van der Waals surface area contributed by atoms with Gasteiger partial charge in [0.25, 0.3) is 0 Å². The van der Waals surface area contributed by atoms with Gasteiger partial charge in [0, 0.05) is 0 Å². The van der Waals surface area contributed by atoms with Gasteiger partial charge in [0.15, 0.2) is 0 Å². The Labute approximate surface area is 129 Å². The lowest BCUT2D eigenvalue weighted by molar-refractivity contribution is -0.139. The second kappa shape index (κ2) is 9.55. The molecular weight excluding hydrogens is 307 g/mol. The first kappa shape index (κ1) is 21.0. The van der Waals surface area contributed by atoms with Crippen LogP contribution < -0.4 is 11.5 Å². The van der Waals surface area contributed by atoms with Gasteiger partial charge < -0.3 is 21.7 Å². The standard InChI is InChI=1S/C12H16N2O4.2ClH/c13-9(11(15)16)5-7-2-1-3-8(4-7)6-10(14)12(17)18;;/h1-4,9-10H,5-6,13-14H2,(H,15,16)(H,17,18);2*1H. The molecule has 0 aliphatic carbocycles. The molecule has 0 aliphatic rings. The molecule has 0 spiro atoms. The van der Waals surface area contributed by atoms with Gasteiger partial charge in [-0.05, 0) is 24.0 Å². The van der Waals surface area contributed by atoms with Crippen molar-refractivity contribution in [2.45, 2.75) is 24.9 Å². The van der Waals surface area contributed by atoms with Crippen LogP contribution in [0.25, 0.3) is 0 Å². The molecule has 2 atom stereocenters. The molecule has 6 nitrogen and oxygen atoms in total. The summed E-state index contributed by atoms with van der Waals surface area (Å²) >= 11 is 0. The fourth-order valence-electron chi connectivity index (χ4n) is 1.57. The zero-order valence-corrected chi connectivity index (χ0v) is 12.2. The van der Waals surface area contributed by atoms with E-state index in [-0.39, 0.29) is 37.7 Å². The summed E-state index contributed by atoms with van der Waals surface area (Å²) in [6.45, 7) is 0. The van der Waals surface area contributed by atoms with Gasteiger partial charge in [-0.1, -0.05) is 24.3 Å². The van der Waals surface area contributed by atoms with Gasteiger partial charge in [0.2, 0.25) is 0 Å². The Hall–Kier alpha value is -1.34. The molecule has 0 saturated carbocycles. The summed E-state index contributed by atoms with van der Waals surface area (Å²) in [6.07, 6.45) is 0.400. The van der Waals surface area contributed by atoms with Crippen molar-refractivity contribution in [2.24, 2.45) is 11.5 Å². The normalized spacial score (nSPS) is 12.5. The Balaban J connectivity index is 0. The number of carboxylic acid groups (broad SMARTS) is 2. The fraction of sp³-hybridized carbons (Fsp3) is 0.333. The highest BCUT2D eigenvalue weighted by atomic mass is 35.5. The monoisotopic (exact) mass is 324 g/mol. The SMILES string of the molecule is Cl.Cl.NC(Cc1cccc(CC(N)C(=O)O)c1)C(=O)O. The first-order chi connectivity index (χ1) is 8.40. The molecule has 1 aromatic rings. The Kier molecular flexibility index (Phi) is 10.0. The van der Waals surface area contributed by atoms with Gasteiger partial charge in [0.1, 0.15) is 12.1 Å². The van der Waals surface area contributed by atoms with Gasteiger partial charge in [-0.2, -0.15) is 0 Å². The number of aliphatic carboxylic acids is 2. The second-order valence-corrected chi connectivity index (χ2v) is 4.12. The molecular formula is C12H18Cl2N2O4. The van der Waals surface area contributed by atoms with E-state index in [9.17, 15) is 9.59 Å². The molecule has 8 heteroatoms. The van der Waals surface area contributed by atoms with Crippen molar-refractivity contribution < 1.29 is 19.8 Å². The topological polar surface area (TPSA) is 127 Å². The van der Waals surface area contributed by atoms with Crippen molar-refractivity contribution in [2.75, 3.05) is 0 Å². The van der Waals surface area contributed by atoms with E-state index in [2.05, 4.69) is 0 Å². The number of nitrogens with two attached hydrogens (primary N) is 2. The average molecular weight is 325 g/mol. The van der Waals surface area contributed by atoms with Gasteiger partial charge in [0.05, 0.1) is 0 Å². The maximum atomic E-state index is 10.6. The summed E-state index contributed by atoms with van der Waals surface area (Å²) in [5.41, 5.74) is 12.4. The van der Waals surface area contributed by atoms with Crippen LogP contribution >= 0.6 is 24.8 Å². The summed E-state index contributed by atoms with van der Waals surface area (Å²) in [4.78, 5) is 21.3. The van der Waals surface area contributed by atoms with Crippen LogP contribution in [0.5, 0.6) is 0 Å². The summed E-state index contributed by atoms with van der Waals surface area (Å²) < 4.78 is 0. The van der Waals surface area contributed by atoms with E-state index in [1.165, 1.54) is 0 Å². The van der Waals surface area contributed by atoms with Gasteiger partial charge in [-0.15, -0.1) is 24.8 Å². The van der Waals surface area contributed by atoms with Crippen LogP contribution in [0.4, 0.5) is 0 Å². The molecule has 0 amide bonds. The highest BCUT2D eigenvalue weighted by Crippen LogP contribution is 2.09. The van der Waals surface area contributed by atoms with Crippen molar-refractivity contribution in [1.82, 2.24) is 0 Å². The maximum Gasteiger partial charge on any atom is 0.320 e. The van der Waals surface area contributed by atoms with E-state index in [1.54, 1.807) is 24.3 Å². The van der Waals surface area contributed by atoms with Crippen LogP contribution in [0.2, 0.25) is 0 Å². The zero-order chi connectivity index (χ0) is 13.7. The third-order valence-electron chi connectivity index (χ3n) is 2.54. The average Bonchev–Trinajstić information content (AvgIpc) is 2.29. The van der Waals surface area contributed by atoms with Crippen LogP contribution in [0.15, 0.2) is 24.3 Å². The molecule has 6 N–H and O–H groups in total. The van der Waals surface area contributed by atoms with E-state index >= 15 is 0 Å². The van der Waals surface area contributed by atoms with Gasteiger partial charge in [-0.3, -0.25) is 9.59 Å². The van der Waals surface area contributed by atoms with Crippen molar-refractivity contribution in [1.29, 1.82) is 0 Å². The van der Waals surface area contributed by atoms with Crippen LogP contribution in [0.3, 0.4) is 0 Å². The maximum absolute atomic E-state index is 10.6. The minimum absolute atomic E-state index is 0. The second-order valence-electron chi connectivity index (χ2n) is 4.12. The molecule has 20 heavy (non-hydrogen) atoms. The fourth-order valence-corrected chi connectivity index (χ4v) is 1.57. The Morgan fingerprint density at radius 2 is 1.30 bits per heavy atom. The Morgan fingerprint density at radius 1 is 0.950 bits per heavy atom. The summed E-state index contributed by atoms with van der Waals surface area (Å²) in [5, 5.41) is 17.4. The minimum Gasteiger partial charge on any atom is -0.480 e. The third-order valence-corrected chi connectivity index (χ3v) is 2.54. The largest absolute Gasteiger partial charge is 0.480 e. The molecule has 0 aromatic heterocycles. The molecule has 114 valence electrons. The van der Waals surface area contributed by atoms with Gasteiger partial charge in [-0.25, -0.2) is 0 Å². The lowest BCUT2D eigenvalue weighted by atomic mass is 10.0. The van der Waals surface area contributed by atoms with E-state index in [4.69, 9.17) is 21.7 Å². The predicted molar refractivity (Wildman–Crippen MR) is 79.6 cm³/mol. The van der Waals surface area contributed by atoms with Crippen molar-refractivity contribution >= 4 is 36.8 Å². The van der Waals surface area contributed by atoms with Crippen molar-refractivity contribution in [3.8, 4) is 0 Å². The van der Waals surface area contributed by atoms with E-state index < -0.39 is 24.0 Å². The zero-order valence-electron chi connectivity index (χ0n) is 10.6. The molecule has 0 heterocycles. The third kappa shape index (κ3) is 6.72.